The average Bonchev–Trinajstić information content (AvgIpc) is 2.88. The minimum absolute atomic E-state index is 0.000454. The van der Waals surface area contributed by atoms with Crippen molar-refractivity contribution in [3.63, 3.8) is 0 Å². The molecule has 1 amide bonds. The molecule has 4 nitrogen and oxygen atoms in total. The van der Waals surface area contributed by atoms with E-state index >= 15 is 0 Å². The van der Waals surface area contributed by atoms with Crippen LogP contribution in [0.4, 0.5) is 0 Å². The highest BCUT2D eigenvalue weighted by molar-refractivity contribution is 5.85. The predicted molar refractivity (Wildman–Crippen MR) is 63.2 cm³/mol. The Kier molecular flexibility index (Phi) is 3.69. The van der Waals surface area contributed by atoms with Gasteiger partial charge in [-0.15, -0.1) is 0 Å². The number of carbonyl (C=O) groups excluding carboxylic acids is 2. The molecular weight excluding hydrogens is 218 g/mol. The van der Waals surface area contributed by atoms with Crippen LogP contribution >= 0.6 is 0 Å². The molecule has 1 N–H and O–H groups in total. The van der Waals surface area contributed by atoms with Crippen molar-refractivity contribution >= 4 is 11.9 Å². The molecule has 0 spiro atoms. The smallest absolute Gasteiger partial charge is 0.328 e. The lowest BCUT2D eigenvalue weighted by Crippen LogP contribution is -2.44. The first-order chi connectivity index (χ1) is 8.08. The van der Waals surface area contributed by atoms with Crippen molar-refractivity contribution in [3.05, 3.63) is 0 Å². The van der Waals surface area contributed by atoms with Crippen LogP contribution in [0.1, 0.15) is 39.5 Å². The SMILES string of the molecule is CC(NC(=O)C1CCC1)C(=O)OCC1CC1C. The van der Waals surface area contributed by atoms with Gasteiger partial charge in [-0.3, -0.25) is 4.79 Å². The highest BCUT2D eigenvalue weighted by Crippen LogP contribution is 2.37. The summed E-state index contributed by atoms with van der Waals surface area (Å²) >= 11 is 0. The van der Waals surface area contributed by atoms with Gasteiger partial charge in [0, 0.05) is 5.92 Å². The fraction of sp³-hybridized carbons (Fsp3) is 0.846. The predicted octanol–water partition coefficient (Wildman–Crippen LogP) is 1.49. The second-order valence-electron chi connectivity index (χ2n) is 5.46. The summed E-state index contributed by atoms with van der Waals surface area (Å²) in [5.74, 6) is 1.03. The molecule has 17 heavy (non-hydrogen) atoms. The van der Waals surface area contributed by atoms with Crippen molar-refractivity contribution in [1.82, 2.24) is 5.32 Å². The third-order valence-electron chi connectivity index (χ3n) is 3.90. The minimum atomic E-state index is -0.517. The van der Waals surface area contributed by atoms with Gasteiger partial charge in [0.1, 0.15) is 6.04 Å². The molecule has 0 radical (unpaired) electrons. The Bertz CT molecular complexity index is 312. The molecule has 3 atom stereocenters. The highest BCUT2D eigenvalue weighted by atomic mass is 16.5. The Balaban J connectivity index is 1.65. The van der Waals surface area contributed by atoms with Gasteiger partial charge in [-0.25, -0.2) is 4.79 Å². The van der Waals surface area contributed by atoms with Crippen LogP contribution in [0.2, 0.25) is 0 Å². The first-order valence-corrected chi connectivity index (χ1v) is 6.55. The Morgan fingerprint density at radius 1 is 1.41 bits per heavy atom. The quantitative estimate of drug-likeness (QED) is 0.739. The van der Waals surface area contributed by atoms with Gasteiger partial charge in [-0.05, 0) is 38.0 Å². The van der Waals surface area contributed by atoms with Crippen LogP contribution in [0.25, 0.3) is 0 Å². The van der Waals surface area contributed by atoms with Crippen molar-refractivity contribution in [3.8, 4) is 0 Å². The summed E-state index contributed by atoms with van der Waals surface area (Å²) in [4.78, 5) is 23.2. The van der Waals surface area contributed by atoms with Gasteiger partial charge in [0.2, 0.25) is 5.91 Å². The van der Waals surface area contributed by atoms with Crippen molar-refractivity contribution in [2.24, 2.45) is 17.8 Å². The summed E-state index contributed by atoms with van der Waals surface area (Å²) < 4.78 is 5.18. The maximum Gasteiger partial charge on any atom is 0.328 e. The van der Waals surface area contributed by atoms with Crippen LogP contribution in [0.3, 0.4) is 0 Å². The fourth-order valence-corrected chi connectivity index (χ4v) is 2.01. The number of hydrogen-bond donors (Lipinski definition) is 1. The zero-order valence-electron chi connectivity index (χ0n) is 10.6. The van der Waals surface area contributed by atoms with E-state index in [2.05, 4.69) is 12.2 Å². The molecule has 0 bridgehead atoms. The second kappa shape index (κ2) is 5.07. The number of rotatable bonds is 5. The molecule has 0 aromatic rings. The first-order valence-electron chi connectivity index (χ1n) is 6.55. The molecule has 2 aliphatic carbocycles. The van der Waals surface area contributed by atoms with Crippen LogP contribution in [0.5, 0.6) is 0 Å². The Morgan fingerprint density at radius 3 is 2.53 bits per heavy atom. The highest BCUT2D eigenvalue weighted by Gasteiger charge is 2.34. The maximum absolute atomic E-state index is 11.6. The summed E-state index contributed by atoms with van der Waals surface area (Å²) in [6.07, 6.45) is 4.17. The van der Waals surface area contributed by atoms with Gasteiger partial charge in [0.05, 0.1) is 6.61 Å². The normalized spacial score (nSPS) is 29.1. The Morgan fingerprint density at radius 2 is 2.06 bits per heavy atom. The first kappa shape index (κ1) is 12.4. The fourth-order valence-electron chi connectivity index (χ4n) is 2.01. The topological polar surface area (TPSA) is 55.4 Å². The molecule has 4 heteroatoms. The molecule has 0 aromatic carbocycles. The molecule has 2 fully saturated rings. The van der Waals surface area contributed by atoms with Gasteiger partial charge < -0.3 is 10.1 Å². The number of esters is 1. The third-order valence-corrected chi connectivity index (χ3v) is 3.90. The zero-order chi connectivity index (χ0) is 12.4. The lowest BCUT2D eigenvalue weighted by atomic mass is 9.84. The summed E-state index contributed by atoms with van der Waals surface area (Å²) in [6.45, 7) is 4.35. The number of nitrogens with one attached hydrogen (secondary N) is 1. The number of carbonyl (C=O) groups is 2. The molecule has 0 heterocycles. The average molecular weight is 239 g/mol. The van der Waals surface area contributed by atoms with Crippen LogP contribution < -0.4 is 5.32 Å². The largest absolute Gasteiger partial charge is 0.464 e. The van der Waals surface area contributed by atoms with E-state index < -0.39 is 6.04 Å². The maximum atomic E-state index is 11.6. The van der Waals surface area contributed by atoms with Crippen molar-refractivity contribution in [1.29, 1.82) is 0 Å². The monoisotopic (exact) mass is 239 g/mol. The molecular formula is C13H21NO3. The van der Waals surface area contributed by atoms with Crippen molar-refractivity contribution < 1.29 is 14.3 Å². The van der Waals surface area contributed by atoms with Crippen molar-refractivity contribution in [2.75, 3.05) is 6.61 Å². The Hall–Kier alpha value is -1.06. The van der Waals surface area contributed by atoms with E-state index in [-0.39, 0.29) is 17.8 Å². The summed E-state index contributed by atoms with van der Waals surface area (Å²) in [7, 11) is 0. The van der Waals surface area contributed by atoms with E-state index in [0.29, 0.717) is 18.4 Å². The third kappa shape index (κ3) is 3.20. The second-order valence-corrected chi connectivity index (χ2v) is 5.46. The van der Waals surface area contributed by atoms with Gasteiger partial charge in [0.25, 0.3) is 0 Å². The Labute approximate surface area is 102 Å². The van der Waals surface area contributed by atoms with Crippen LogP contribution in [-0.4, -0.2) is 24.5 Å². The van der Waals surface area contributed by atoms with Crippen LogP contribution in [0, 0.1) is 17.8 Å². The summed E-state index contributed by atoms with van der Waals surface area (Å²) in [5.41, 5.74) is 0. The van der Waals surface area contributed by atoms with Gasteiger partial charge >= 0.3 is 5.97 Å². The number of ether oxygens (including phenoxy) is 1. The van der Waals surface area contributed by atoms with E-state index in [1.807, 2.05) is 0 Å². The lowest BCUT2D eigenvalue weighted by Gasteiger charge is -2.25. The summed E-state index contributed by atoms with van der Waals surface area (Å²) in [5, 5.41) is 2.72. The van der Waals surface area contributed by atoms with E-state index in [9.17, 15) is 9.59 Å². The van der Waals surface area contributed by atoms with E-state index in [4.69, 9.17) is 4.74 Å². The lowest BCUT2D eigenvalue weighted by molar-refractivity contribution is -0.148. The minimum Gasteiger partial charge on any atom is -0.464 e. The van der Waals surface area contributed by atoms with Crippen LogP contribution in [-0.2, 0) is 14.3 Å². The van der Waals surface area contributed by atoms with E-state index in [1.165, 1.54) is 0 Å². The number of hydrogen-bond acceptors (Lipinski definition) is 3. The molecule has 2 aliphatic rings. The van der Waals surface area contributed by atoms with Crippen LogP contribution in [0.15, 0.2) is 0 Å². The van der Waals surface area contributed by atoms with Gasteiger partial charge in [0.15, 0.2) is 0 Å². The molecule has 0 aromatic heterocycles. The standard InChI is InChI=1S/C13H21NO3/c1-8-6-11(8)7-17-13(16)9(2)14-12(15)10-4-3-5-10/h8-11H,3-7H2,1-2H3,(H,14,15). The van der Waals surface area contributed by atoms with Gasteiger partial charge in [-0.2, -0.15) is 0 Å². The van der Waals surface area contributed by atoms with E-state index in [0.717, 1.165) is 25.7 Å². The molecule has 3 unspecified atom stereocenters. The molecule has 96 valence electrons. The number of amides is 1. The molecule has 0 saturated heterocycles. The molecule has 2 rings (SSSR count). The summed E-state index contributed by atoms with van der Waals surface area (Å²) in [6, 6.07) is -0.517. The zero-order valence-corrected chi connectivity index (χ0v) is 10.6. The molecule has 2 saturated carbocycles. The van der Waals surface area contributed by atoms with E-state index in [1.54, 1.807) is 6.92 Å². The molecule has 0 aliphatic heterocycles. The van der Waals surface area contributed by atoms with Crippen molar-refractivity contribution in [2.45, 2.75) is 45.6 Å². The van der Waals surface area contributed by atoms with Gasteiger partial charge in [-0.1, -0.05) is 13.3 Å².